The second-order valence-electron chi connectivity index (χ2n) is 4.79. The molecule has 0 N–H and O–H groups in total. The first-order valence-electron chi connectivity index (χ1n) is 6.23. The summed E-state index contributed by atoms with van der Waals surface area (Å²) in [6.45, 7) is 5.99. The van der Waals surface area contributed by atoms with Gasteiger partial charge in [-0.15, -0.1) is 11.3 Å². The molecule has 0 atom stereocenters. The SMILES string of the molecule is Cc1cc(-c2nc3sc(C)c(C)n3c2C=O)ccc1Cl. The number of aldehydes is 1. The Kier molecular flexibility index (Phi) is 3.15. The molecule has 2 aromatic heterocycles. The number of fused-ring (bicyclic) bond motifs is 1. The highest BCUT2D eigenvalue weighted by Crippen LogP contribution is 2.31. The van der Waals surface area contributed by atoms with E-state index in [2.05, 4.69) is 4.98 Å². The fraction of sp³-hybridized carbons (Fsp3) is 0.200. The summed E-state index contributed by atoms with van der Waals surface area (Å²) in [6.07, 6.45) is 0.873. The van der Waals surface area contributed by atoms with Crippen LogP contribution in [0.2, 0.25) is 5.02 Å². The minimum atomic E-state index is 0.601. The first-order chi connectivity index (χ1) is 9.52. The van der Waals surface area contributed by atoms with Crippen LogP contribution in [0.1, 0.15) is 26.6 Å². The van der Waals surface area contributed by atoms with Crippen molar-refractivity contribution in [3.63, 3.8) is 0 Å². The summed E-state index contributed by atoms with van der Waals surface area (Å²) in [6, 6.07) is 5.70. The molecule has 0 aliphatic rings. The lowest BCUT2D eigenvalue weighted by molar-refractivity contribution is 0.111. The van der Waals surface area contributed by atoms with Crippen LogP contribution in [0.4, 0.5) is 0 Å². The Bertz CT molecular complexity index is 832. The lowest BCUT2D eigenvalue weighted by atomic mass is 10.1. The monoisotopic (exact) mass is 304 g/mol. The molecule has 0 fully saturated rings. The van der Waals surface area contributed by atoms with Crippen molar-refractivity contribution < 1.29 is 4.79 Å². The number of nitrogens with zero attached hydrogens (tertiary/aromatic N) is 2. The Balaban J connectivity index is 2.30. The Morgan fingerprint density at radius 3 is 2.70 bits per heavy atom. The van der Waals surface area contributed by atoms with Crippen LogP contribution in [-0.2, 0) is 0 Å². The number of carbonyl (C=O) groups is 1. The number of imidazole rings is 1. The van der Waals surface area contributed by atoms with Gasteiger partial charge in [-0.05, 0) is 38.5 Å². The van der Waals surface area contributed by atoms with Gasteiger partial charge in [-0.25, -0.2) is 4.98 Å². The van der Waals surface area contributed by atoms with Gasteiger partial charge in [-0.1, -0.05) is 17.7 Å². The van der Waals surface area contributed by atoms with Gasteiger partial charge < -0.3 is 0 Å². The van der Waals surface area contributed by atoms with E-state index in [0.29, 0.717) is 11.4 Å². The third-order valence-electron chi connectivity index (χ3n) is 3.51. The van der Waals surface area contributed by atoms with Crippen molar-refractivity contribution in [2.24, 2.45) is 0 Å². The highest BCUT2D eigenvalue weighted by Gasteiger charge is 2.18. The molecule has 0 bridgehead atoms. The third kappa shape index (κ3) is 1.87. The number of thiazole rings is 1. The molecular formula is C15H13ClN2OS. The smallest absolute Gasteiger partial charge is 0.195 e. The number of aromatic nitrogens is 2. The zero-order valence-electron chi connectivity index (χ0n) is 11.4. The number of carbonyl (C=O) groups excluding carboxylic acids is 1. The molecule has 0 spiro atoms. The van der Waals surface area contributed by atoms with E-state index >= 15 is 0 Å². The Morgan fingerprint density at radius 1 is 1.30 bits per heavy atom. The third-order valence-corrected chi connectivity index (χ3v) is 5.00. The average Bonchev–Trinajstić information content (AvgIpc) is 2.91. The van der Waals surface area contributed by atoms with Gasteiger partial charge in [-0.2, -0.15) is 0 Å². The Hall–Kier alpha value is -1.65. The van der Waals surface area contributed by atoms with Crippen LogP contribution in [0.25, 0.3) is 16.2 Å². The summed E-state index contributed by atoms with van der Waals surface area (Å²) < 4.78 is 1.92. The summed E-state index contributed by atoms with van der Waals surface area (Å²) in [5.74, 6) is 0. The molecule has 0 unspecified atom stereocenters. The second-order valence-corrected chi connectivity index (χ2v) is 6.38. The number of benzene rings is 1. The predicted octanol–water partition coefficient (Wildman–Crippen LogP) is 4.45. The highest BCUT2D eigenvalue weighted by molar-refractivity contribution is 7.17. The molecule has 0 amide bonds. The van der Waals surface area contributed by atoms with E-state index in [1.165, 1.54) is 4.88 Å². The highest BCUT2D eigenvalue weighted by atomic mass is 35.5. The fourth-order valence-corrected chi connectivity index (χ4v) is 3.38. The van der Waals surface area contributed by atoms with Crippen LogP contribution in [0, 0.1) is 20.8 Å². The molecule has 1 aromatic carbocycles. The summed E-state index contributed by atoms with van der Waals surface area (Å²) >= 11 is 7.65. The molecule has 5 heteroatoms. The van der Waals surface area contributed by atoms with Gasteiger partial charge in [0.1, 0.15) is 11.4 Å². The quantitative estimate of drug-likeness (QED) is 0.655. The van der Waals surface area contributed by atoms with Crippen molar-refractivity contribution >= 4 is 34.2 Å². The topological polar surface area (TPSA) is 34.4 Å². The first kappa shape index (κ1) is 13.3. The molecule has 3 aromatic rings. The van der Waals surface area contributed by atoms with Crippen LogP contribution in [0.3, 0.4) is 0 Å². The molecule has 3 nitrogen and oxygen atoms in total. The van der Waals surface area contributed by atoms with Crippen LogP contribution < -0.4 is 0 Å². The van der Waals surface area contributed by atoms with Crippen LogP contribution in [0.15, 0.2) is 18.2 Å². The molecule has 0 radical (unpaired) electrons. The second kappa shape index (κ2) is 4.72. The van der Waals surface area contributed by atoms with Crippen molar-refractivity contribution in [1.82, 2.24) is 9.38 Å². The number of hydrogen-bond donors (Lipinski definition) is 0. The van der Waals surface area contributed by atoms with E-state index in [0.717, 1.165) is 33.1 Å². The van der Waals surface area contributed by atoms with E-state index in [-0.39, 0.29) is 0 Å². The molecule has 0 saturated heterocycles. The van der Waals surface area contributed by atoms with Gasteiger partial charge in [0.15, 0.2) is 11.2 Å². The molecule has 102 valence electrons. The van der Waals surface area contributed by atoms with Crippen molar-refractivity contribution in [1.29, 1.82) is 0 Å². The Labute approximate surface area is 125 Å². The van der Waals surface area contributed by atoms with E-state index in [1.807, 2.05) is 43.4 Å². The molecular weight excluding hydrogens is 292 g/mol. The maximum atomic E-state index is 11.5. The maximum Gasteiger partial charge on any atom is 0.195 e. The number of rotatable bonds is 2. The lowest BCUT2D eigenvalue weighted by Crippen LogP contribution is -1.94. The van der Waals surface area contributed by atoms with Gasteiger partial charge >= 0.3 is 0 Å². The van der Waals surface area contributed by atoms with Crippen molar-refractivity contribution in [3.05, 3.63) is 45.1 Å². The van der Waals surface area contributed by atoms with E-state index in [4.69, 9.17) is 11.6 Å². The van der Waals surface area contributed by atoms with E-state index in [1.54, 1.807) is 11.3 Å². The molecule has 3 rings (SSSR count). The summed E-state index contributed by atoms with van der Waals surface area (Å²) in [5, 5.41) is 0.717. The Morgan fingerprint density at radius 2 is 2.05 bits per heavy atom. The number of aryl methyl sites for hydroxylation is 3. The van der Waals surface area contributed by atoms with Gasteiger partial charge in [0.05, 0.1) is 0 Å². The van der Waals surface area contributed by atoms with E-state index in [9.17, 15) is 4.79 Å². The number of halogens is 1. The van der Waals surface area contributed by atoms with E-state index < -0.39 is 0 Å². The largest absolute Gasteiger partial charge is 0.296 e. The van der Waals surface area contributed by atoms with Crippen LogP contribution >= 0.6 is 22.9 Å². The minimum absolute atomic E-state index is 0.601. The predicted molar refractivity (Wildman–Crippen MR) is 83.1 cm³/mol. The summed E-state index contributed by atoms with van der Waals surface area (Å²) in [7, 11) is 0. The van der Waals surface area contributed by atoms with Crippen molar-refractivity contribution in [2.45, 2.75) is 20.8 Å². The normalized spacial score (nSPS) is 11.2. The van der Waals surface area contributed by atoms with Crippen molar-refractivity contribution in [2.75, 3.05) is 0 Å². The van der Waals surface area contributed by atoms with Gasteiger partial charge in [0.2, 0.25) is 0 Å². The minimum Gasteiger partial charge on any atom is -0.296 e. The lowest BCUT2D eigenvalue weighted by Gasteiger charge is -2.03. The zero-order chi connectivity index (χ0) is 14.4. The maximum absolute atomic E-state index is 11.5. The zero-order valence-corrected chi connectivity index (χ0v) is 13.0. The first-order valence-corrected chi connectivity index (χ1v) is 7.42. The molecule has 2 heterocycles. The molecule has 0 aliphatic carbocycles. The van der Waals surface area contributed by atoms with Crippen molar-refractivity contribution in [3.8, 4) is 11.3 Å². The molecule has 20 heavy (non-hydrogen) atoms. The molecule has 0 aliphatic heterocycles. The van der Waals surface area contributed by atoms with Crippen LogP contribution in [0.5, 0.6) is 0 Å². The van der Waals surface area contributed by atoms with Crippen LogP contribution in [-0.4, -0.2) is 15.7 Å². The van der Waals surface area contributed by atoms with Gasteiger partial charge in [0.25, 0.3) is 0 Å². The van der Waals surface area contributed by atoms with Gasteiger partial charge in [-0.3, -0.25) is 9.20 Å². The van der Waals surface area contributed by atoms with Gasteiger partial charge in [0, 0.05) is 21.2 Å². The summed E-state index contributed by atoms with van der Waals surface area (Å²) in [5.41, 5.74) is 4.28. The summed E-state index contributed by atoms with van der Waals surface area (Å²) in [4.78, 5) is 18.1. The standard InChI is InChI=1S/C15H13ClN2OS/c1-8-6-11(4-5-12(8)16)14-13(7-19)18-9(2)10(3)20-15(18)17-14/h4-7H,1-3H3. The number of hydrogen-bond acceptors (Lipinski definition) is 3. The molecule has 0 saturated carbocycles. The average molecular weight is 305 g/mol. The fourth-order valence-electron chi connectivity index (χ4n) is 2.29.